The molecule has 2 aromatic rings. The molecule has 0 saturated carbocycles. The van der Waals surface area contributed by atoms with E-state index in [0.717, 1.165) is 11.1 Å². The number of halogens is 1. The molecule has 0 aliphatic heterocycles. The molecule has 0 spiro atoms. The molecule has 0 radical (unpaired) electrons. The van der Waals surface area contributed by atoms with Crippen LogP contribution in [0.4, 0.5) is 4.39 Å². The third-order valence-electron chi connectivity index (χ3n) is 2.74. The van der Waals surface area contributed by atoms with Gasteiger partial charge in [0, 0.05) is 0 Å². The fourth-order valence-corrected chi connectivity index (χ4v) is 1.81. The summed E-state index contributed by atoms with van der Waals surface area (Å²) in [5.74, 6) is -1.29. The Hall–Kier alpha value is -2.16. The van der Waals surface area contributed by atoms with Crippen molar-refractivity contribution in [3.05, 3.63) is 59.4 Å². The second-order valence-electron chi connectivity index (χ2n) is 3.83. The minimum atomic E-state index is -0.745. The molecule has 3 heteroatoms. The highest BCUT2D eigenvalue weighted by Crippen LogP contribution is 2.26. The van der Waals surface area contributed by atoms with E-state index in [1.807, 2.05) is 30.3 Å². The Bertz CT molecular complexity index is 564. The molecule has 0 atom stereocenters. The minimum absolute atomic E-state index is 0.0674. The van der Waals surface area contributed by atoms with E-state index < -0.39 is 11.7 Å². The van der Waals surface area contributed by atoms with Crippen LogP contribution >= 0.6 is 0 Å². The standard InChI is InChI=1S/C14H12FNO/c1-9-11(10-5-3-2-4-6-10)7-8-12(13(9)15)14(16)17/h2-8H,1H3,(H2,16,17). The van der Waals surface area contributed by atoms with Crippen molar-refractivity contribution in [2.75, 3.05) is 0 Å². The van der Waals surface area contributed by atoms with Crippen molar-refractivity contribution in [2.45, 2.75) is 6.92 Å². The number of rotatable bonds is 2. The molecule has 0 aliphatic carbocycles. The Balaban J connectivity index is 2.60. The van der Waals surface area contributed by atoms with Gasteiger partial charge in [-0.2, -0.15) is 0 Å². The number of primary amides is 1. The van der Waals surface area contributed by atoms with Gasteiger partial charge in [0.1, 0.15) is 5.82 Å². The summed E-state index contributed by atoms with van der Waals surface area (Å²) in [6.07, 6.45) is 0. The molecule has 0 aromatic heterocycles. The first kappa shape index (κ1) is 11.3. The van der Waals surface area contributed by atoms with Gasteiger partial charge < -0.3 is 5.73 Å². The summed E-state index contributed by atoms with van der Waals surface area (Å²) >= 11 is 0. The van der Waals surface area contributed by atoms with Crippen molar-refractivity contribution < 1.29 is 9.18 Å². The Morgan fingerprint density at radius 3 is 2.35 bits per heavy atom. The van der Waals surface area contributed by atoms with E-state index in [9.17, 15) is 9.18 Å². The van der Waals surface area contributed by atoms with Crippen molar-refractivity contribution >= 4 is 5.91 Å². The largest absolute Gasteiger partial charge is 0.366 e. The normalized spacial score (nSPS) is 10.2. The zero-order chi connectivity index (χ0) is 12.4. The highest BCUT2D eigenvalue weighted by Gasteiger charge is 2.14. The third-order valence-corrected chi connectivity index (χ3v) is 2.74. The van der Waals surface area contributed by atoms with Crippen molar-refractivity contribution in [3.63, 3.8) is 0 Å². The number of benzene rings is 2. The second kappa shape index (κ2) is 4.37. The summed E-state index contributed by atoms with van der Waals surface area (Å²) in [5, 5.41) is 0. The molecule has 2 aromatic carbocycles. The maximum Gasteiger partial charge on any atom is 0.251 e. The molecule has 0 unspecified atom stereocenters. The van der Waals surface area contributed by atoms with Crippen molar-refractivity contribution in [1.82, 2.24) is 0 Å². The summed E-state index contributed by atoms with van der Waals surface area (Å²) in [7, 11) is 0. The van der Waals surface area contributed by atoms with Gasteiger partial charge in [0.2, 0.25) is 0 Å². The van der Waals surface area contributed by atoms with Crippen LogP contribution in [0.3, 0.4) is 0 Å². The molecule has 0 saturated heterocycles. The number of carbonyl (C=O) groups is 1. The Labute approximate surface area is 98.9 Å². The van der Waals surface area contributed by atoms with Crippen molar-refractivity contribution in [1.29, 1.82) is 0 Å². The van der Waals surface area contributed by atoms with Crippen LogP contribution < -0.4 is 5.73 Å². The van der Waals surface area contributed by atoms with Gasteiger partial charge in [-0.25, -0.2) is 4.39 Å². The molecule has 2 nitrogen and oxygen atoms in total. The zero-order valence-electron chi connectivity index (χ0n) is 9.41. The van der Waals surface area contributed by atoms with Crippen LogP contribution in [0.25, 0.3) is 11.1 Å². The zero-order valence-corrected chi connectivity index (χ0v) is 9.41. The molecular formula is C14H12FNO. The average molecular weight is 229 g/mol. The maximum absolute atomic E-state index is 13.9. The van der Waals surface area contributed by atoms with Gasteiger partial charge in [-0.05, 0) is 29.7 Å². The minimum Gasteiger partial charge on any atom is -0.366 e. The summed E-state index contributed by atoms with van der Waals surface area (Å²) < 4.78 is 13.9. The molecule has 2 N–H and O–H groups in total. The Morgan fingerprint density at radius 1 is 1.12 bits per heavy atom. The van der Waals surface area contributed by atoms with Gasteiger partial charge in [-0.3, -0.25) is 4.79 Å². The number of nitrogens with two attached hydrogens (primary N) is 1. The van der Waals surface area contributed by atoms with E-state index in [2.05, 4.69) is 0 Å². The second-order valence-corrected chi connectivity index (χ2v) is 3.83. The Kier molecular flexibility index (Phi) is 2.91. The maximum atomic E-state index is 13.9. The van der Waals surface area contributed by atoms with E-state index >= 15 is 0 Å². The quantitative estimate of drug-likeness (QED) is 0.845. The number of hydrogen-bond donors (Lipinski definition) is 1. The van der Waals surface area contributed by atoms with Crippen molar-refractivity contribution in [2.24, 2.45) is 5.73 Å². The van der Waals surface area contributed by atoms with Gasteiger partial charge in [0.25, 0.3) is 5.91 Å². The van der Waals surface area contributed by atoms with Crippen LogP contribution in [0.15, 0.2) is 42.5 Å². The lowest BCUT2D eigenvalue weighted by Crippen LogP contribution is -2.14. The first-order valence-electron chi connectivity index (χ1n) is 5.25. The highest BCUT2D eigenvalue weighted by molar-refractivity contribution is 5.94. The first-order valence-corrected chi connectivity index (χ1v) is 5.25. The third kappa shape index (κ3) is 2.04. The number of hydrogen-bond acceptors (Lipinski definition) is 1. The van der Waals surface area contributed by atoms with E-state index in [-0.39, 0.29) is 5.56 Å². The smallest absolute Gasteiger partial charge is 0.251 e. The molecule has 2 rings (SSSR count). The number of carbonyl (C=O) groups excluding carboxylic acids is 1. The fourth-order valence-electron chi connectivity index (χ4n) is 1.81. The summed E-state index contributed by atoms with van der Waals surface area (Å²) in [6, 6.07) is 12.6. The summed E-state index contributed by atoms with van der Waals surface area (Å²) in [5.41, 5.74) is 7.15. The predicted octanol–water partition coefficient (Wildman–Crippen LogP) is 2.90. The number of amides is 1. The highest BCUT2D eigenvalue weighted by atomic mass is 19.1. The van der Waals surface area contributed by atoms with Crippen LogP contribution in [-0.2, 0) is 0 Å². The average Bonchev–Trinajstić information content (AvgIpc) is 2.33. The lowest BCUT2D eigenvalue weighted by Gasteiger charge is -2.09. The molecule has 0 fully saturated rings. The lowest BCUT2D eigenvalue weighted by molar-refractivity contribution is 0.0996. The van der Waals surface area contributed by atoms with Crippen LogP contribution in [0.1, 0.15) is 15.9 Å². The molecular weight excluding hydrogens is 217 g/mol. The van der Waals surface area contributed by atoms with Gasteiger partial charge in [0.15, 0.2) is 0 Å². The van der Waals surface area contributed by atoms with E-state index in [1.54, 1.807) is 13.0 Å². The molecule has 0 bridgehead atoms. The van der Waals surface area contributed by atoms with Gasteiger partial charge in [0.05, 0.1) is 5.56 Å². The van der Waals surface area contributed by atoms with Gasteiger partial charge in [-0.1, -0.05) is 36.4 Å². The first-order chi connectivity index (χ1) is 8.11. The summed E-state index contributed by atoms with van der Waals surface area (Å²) in [6.45, 7) is 1.64. The SMILES string of the molecule is Cc1c(-c2ccccc2)ccc(C(N)=O)c1F. The van der Waals surface area contributed by atoms with Crippen molar-refractivity contribution in [3.8, 4) is 11.1 Å². The Morgan fingerprint density at radius 2 is 1.76 bits per heavy atom. The summed E-state index contributed by atoms with van der Waals surface area (Å²) in [4.78, 5) is 11.0. The molecule has 0 heterocycles. The molecule has 1 amide bonds. The van der Waals surface area contributed by atoms with Crippen LogP contribution in [0.2, 0.25) is 0 Å². The van der Waals surface area contributed by atoms with Crippen LogP contribution in [0, 0.1) is 12.7 Å². The van der Waals surface area contributed by atoms with Crippen LogP contribution in [0.5, 0.6) is 0 Å². The van der Waals surface area contributed by atoms with Crippen LogP contribution in [-0.4, -0.2) is 5.91 Å². The molecule has 17 heavy (non-hydrogen) atoms. The fraction of sp³-hybridized carbons (Fsp3) is 0.0714. The topological polar surface area (TPSA) is 43.1 Å². The van der Waals surface area contributed by atoms with E-state index in [1.165, 1.54) is 6.07 Å². The monoisotopic (exact) mass is 229 g/mol. The molecule has 86 valence electrons. The van der Waals surface area contributed by atoms with E-state index in [4.69, 9.17) is 5.73 Å². The lowest BCUT2D eigenvalue weighted by atomic mass is 9.97. The molecule has 0 aliphatic rings. The van der Waals surface area contributed by atoms with Gasteiger partial charge >= 0.3 is 0 Å². The van der Waals surface area contributed by atoms with E-state index in [0.29, 0.717) is 5.56 Å². The predicted molar refractivity (Wildman–Crippen MR) is 65.1 cm³/mol. The van der Waals surface area contributed by atoms with Gasteiger partial charge in [-0.15, -0.1) is 0 Å².